The van der Waals surface area contributed by atoms with Crippen LogP contribution in [0.15, 0.2) is 43.0 Å². The summed E-state index contributed by atoms with van der Waals surface area (Å²) < 4.78 is 4.80. The van der Waals surface area contributed by atoms with Crippen LogP contribution in [0.4, 0.5) is 0 Å². The number of benzene rings is 1. The molecular weight excluding hydrogens is 228 g/mol. The molecule has 0 saturated carbocycles. The van der Waals surface area contributed by atoms with Crippen molar-refractivity contribution in [2.24, 2.45) is 0 Å². The molecule has 0 spiro atoms. The minimum absolute atomic E-state index is 0.430. The normalized spacial score (nSPS) is 13.4. The molecule has 1 aromatic rings. The Morgan fingerprint density at radius 1 is 1.39 bits per heavy atom. The Kier molecular flexibility index (Phi) is 5.31. The zero-order valence-corrected chi connectivity index (χ0v) is 10.6. The second-order valence-electron chi connectivity index (χ2n) is 4.13. The number of carbonyl (C=O) groups is 2. The van der Waals surface area contributed by atoms with Crippen molar-refractivity contribution in [1.82, 2.24) is 0 Å². The van der Waals surface area contributed by atoms with E-state index < -0.39 is 11.4 Å². The molecule has 0 heterocycles. The van der Waals surface area contributed by atoms with Crippen LogP contribution < -0.4 is 0 Å². The summed E-state index contributed by atoms with van der Waals surface area (Å²) >= 11 is 0. The van der Waals surface area contributed by atoms with Crippen molar-refractivity contribution < 1.29 is 14.3 Å². The molecule has 0 aromatic heterocycles. The van der Waals surface area contributed by atoms with Crippen molar-refractivity contribution in [3.05, 3.63) is 48.6 Å². The van der Waals surface area contributed by atoms with Gasteiger partial charge in [0.2, 0.25) is 0 Å². The first kappa shape index (κ1) is 14.2. The molecule has 0 aliphatic carbocycles. The fourth-order valence-electron chi connectivity index (χ4n) is 1.98. The summed E-state index contributed by atoms with van der Waals surface area (Å²) in [4.78, 5) is 23.5. The third-order valence-electron chi connectivity index (χ3n) is 3.02. The SMILES string of the molecule is C=CCCCC(C=O)(C(=O)OC)c1ccccc1. The number of esters is 1. The van der Waals surface area contributed by atoms with Gasteiger partial charge in [-0.05, 0) is 24.8 Å². The molecule has 1 unspecified atom stereocenters. The first-order valence-corrected chi connectivity index (χ1v) is 5.92. The zero-order chi connectivity index (χ0) is 13.4. The van der Waals surface area contributed by atoms with Gasteiger partial charge in [0, 0.05) is 0 Å². The first-order valence-electron chi connectivity index (χ1n) is 5.92. The largest absolute Gasteiger partial charge is 0.468 e. The molecule has 0 fully saturated rings. The van der Waals surface area contributed by atoms with E-state index in [4.69, 9.17) is 4.74 Å². The van der Waals surface area contributed by atoms with Crippen LogP contribution in [-0.4, -0.2) is 19.4 Å². The predicted molar refractivity (Wildman–Crippen MR) is 70.2 cm³/mol. The number of ether oxygens (including phenoxy) is 1. The van der Waals surface area contributed by atoms with Crippen LogP contribution in [0, 0.1) is 0 Å². The van der Waals surface area contributed by atoms with Crippen LogP contribution in [0.25, 0.3) is 0 Å². The van der Waals surface area contributed by atoms with E-state index in [1.165, 1.54) is 7.11 Å². The van der Waals surface area contributed by atoms with Gasteiger partial charge in [-0.2, -0.15) is 0 Å². The van der Waals surface area contributed by atoms with Gasteiger partial charge in [-0.15, -0.1) is 6.58 Å². The Morgan fingerprint density at radius 3 is 2.56 bits per heavy atom. The Bertz CT molecular complexity index is 411. The number of methoxy groups -OCH3 is 1. The molecule has 0 amide bonds. The summed E-state index contributed by atoms with van der Waals surface area (Å²) in [7, 11) is 1.30. The van der Waals surface area contributed by atoms with E-state index in [-0.39, 0.29) is 0 Å². The third-order valence-corrected chi connectivity index (χ3v) is 3.02. The second kappa shape index (κ2) is 6.74. The first-order chi connectivity index (χ1) is 8.71. The van der Waals surface area contributed by atoms with Crippen LogP contribution in [0.5, 0.6) is 0 Å². The lowest BCUT2D eigenvalue weighted by molar-refractivity contribution is -0.149. The molecule has 3 nitrogen and oxygen atoms in total. The van der Waals surface area contributed by atoms with Gasteiger partial charge in [-0.1, -0.05) is 36.4 Å². The molecule has 0 N–H and O–H groups in total. The molecule has 0 saturated heterocycles. The second-order valence-corrected chi connectivity index (χ2v) is 4.13. The van der Waals surface area contributed by atoms with Crippen molar-refractivity contribution in [2.45, 2.75) is 24.7 Å². The van der Waals surface area contributed by atoms with Crippen molar-refractivity contribution in [1.29, 1.82) is 0 Å². The summed E-state index contributed by atoms with van der Waals surface area (Å²) in [6.45, 7) is 3.64. The molecule has 1 aromatic carbocycles. The topological polar surface area (TPSA) is 43.4 Å². The molecule has 0 radical (unpaired) electrons. The molecule has 18 heavy (non-hydrogen) atoms. The van der Waals surface area contributed by atoms with Crippen LogP contribution in [0.3, 0.4) is 0 Å². The highest BCUT2D eigenvalue weighted by molar-refractivity contribution is 5.99. The Balaban J connectivity index is 3.10. The Labute approximate surface area is 107 Å². The fourth-order valence-corrected chi connectivity index (χ4v) is 1.98. The summed E-state index contributed by atoms with van der Waals surface area (Å²) in [5.74, 6) is -0.507. The van der Waals surface area contributed by atoms with E-state index in [9.17, 15) is 9.59 Å². The summed E-state index contributed by atoms with van der Waals surface area (Å²) in [6, 6.07) is 9.02. The molecule has 96 valence electrons. The van der Waals surface area contributed by atoms with Gasteiger partial charge in [0.05, 0.1) is 7.11 Å². The number of unbranched alkanes of at least 4 members (excludes halogenated alkanes) is 1. The fraction of sp³-hybridized carbons (Fsp3) is 0.333. The molecule has 3 heteroatoms. The quantitative estimate of drug-likeness (QED) is 0.244. The smallest absolute Gasteiger partial charge is 0.323 e. The standard InChI is InChI=1S/C15H18O3/c1-3-4-8-11-15(12-16,14(17)18-2)13-9-6-5-7-10-13/h3,5-7,9-10,12H,1,4,8,11H2,2H3. The van der Waals surface area contributed by atoms with Crippen molar-refractivity contribution in [3.8, 4) is 0 Å². The molecule has 1 atom stereocenters. The number of allylic oxidation sites excluding steroid dienone is 1. The molecule has 0 aliphatic rings. The number of aldehydes is 1. The number of hydrogen-bond acceptors (Lipinski definition) is 3. The maximum Gasteiger partial charge on any atom is 0.323 e. The van der Waals surface area contributed by atoms with E-state index in [1.807, 2.05) is 18.2 Å². The molecule has 1 rings (SSSR count). The zero-order valence-electron chi connectivity index (χ0n) is 10.6. The third kappa shape index (κ3) is 2.86. The average Bonchev–Trinajstić information content (AvgIpc) is 2.44. The van der Waals surface area contributed by atoms with Gasteiger partial charge in [0.25, 0.3) is 0 Å². The van der Waals surface area contributed by atoms with Crippen molar-refractivity contribution >= 4 is 12.3 Å². The van der Waals surface area contributed by atoms with Crippen LogP contribution in [0.1, 0.15) is 24.8 Å². The Morgan fingerprint density at radius 2 is 2.06 bits per heavy atom. The van der Waals surface area contributed by atoms with Gasteiger partial charge >= 0.3 is 5.97 Å². The minimum Gasteiger partial charge on any atom is -0.468 e. The van der Waals surface area contributed by atoms with Gasteiger partial charge in [-0.3, -0.25) is 4.79 Å². The van der Waals surface area contributed by atoms with Crippen LogP contribution >= 0.6 is 0 Å². The van der Waals surface area contributed by atoms with E-state index in [1.54, 1.807) is 18.2 Å². The van der Waals surface area contributed by atoms with Crippen molar-refractivity contribution in [3.63, 3.8) is 0 Å². The van der Waals surface area contributed by atoms with E-state index in [0.717, 1.165) is 6.42 Å². The monoisotopic (exact) mass is 246 g/mol. The van der Waals surface area contributed by atoms with E-state index >= 15 is 0 Å². The van der Waals surface area contributed by atoms with Crippen molar-refractivity contribution in [2.75, 3.05) is 7.11 Å². The molecule has 0 bridgehead atoms. The maximum absolute atomic E-state index is 12.0. The van der Waals surface area contributed by atoms with Crippen LogP contribution in [0.2, 0.25) is 0 Å². The molecule has 0 aliphatic heterocycles. The highest BCUT2D eigenvalue weighted by Gasteiger charge is 2.40. The van der Waals surface area contributed by atoms with Gasteiger partial charge in [0.1, 0.15) is 11.7 Å². The maximum atomic E-state index is 12.0. The average molecular weight is 246 g/mol. The van der Waals surface area contributed by atoms with E-state index in [0.29, 0.717) is 24.7 Å². The molecular formula is C15H18O3. The Hall–Kier alpha value is -1.90. The highest BCUT2D eigenvalue weighted by atomic mass is 16.5. The summed E-state index contributed by atoms with van der Waals surface area (Å²) in [5.41, 5.74) is -0.519. The summed E-state index contributed by atoms with van der Waals surface area (Å²) in [6.07, 6.45) is 4.37. The van der Waals surface area contributed by atoms with Gasteiger partial charge < -0.3 is 9.53 Å². The van der Waals surface area contributed by atoms with Gasteiger partial charge in [-0.25, -0.2) is 0 Å². The van der Waals surface area contributed by atoms with Gasteiger partial charge in [0.15, 0.2) is 0 Å². The number of carbonyl (C=O) groups excluding carboxylic acids is 2. The van der Waals surface area contributed by atoms with Crippen LogP contribution in [-0.2, 0) is 19.7 Å². The van der Waals surface area contributed by atoms with E-state index in [2.05, 4.69) is 6.58 Å². The predicted octanol–water partition coefficient (Wildman–Crippen LogP) is 2.65. The number of hydrogen-bond donors (Lipinski definition) is 0. The lowest BCUT2D eigenvalue weighted by Gasteiger charge is -2.25. The lowest BCUT2D eigenvalue weighted by atomic mass is 9.77. The summed E-state index contributed by atoms with van der Waals surface area (Å²) in [5, 5.41) is 0. The lowest BCUT2D eigenvalue weighted by Crippen LogP contribution is -2.38. The highest BCUT2D eigenvalue weighted by Crippen LogP contribution is 2.29. The number of rotatable bonds is 7. The minimum atomic E-state index is -1.20.